The highest BCUT2D eigenvalue weighted by Gasteiger charge is 2.19. The number of rotatable bonds is 3. The minimum atomic E-state index is -3.52. The van der Waals surface area contributed by atoms with E-state index in [-0.39, 0.29) is 11.8 Å². The Morgan fingerprint density at radius 1 is 1.21 bits per heavy atom. The lowest BCUT2D eigenvalue weighted by Gasteiger charge is -2.21. The third kappa shape index (κ3) is 4.56. The van der Waals surface area contributed by atoms with Crippen LogP contribution in [0.15, 0.2) is 12.2 Å². The van der Waals surface area contributed by atoms with Crippen LogP contribution in [0.3, 0.4) is 0 Å². The summed E-state index contributed by atoms with van der Waals surface area (Å²) in [5.74, 6) is 0. The molecule has 0 saturated heterocycles. The minimum absolute atomic E-state index is 0.0366. The molecule has 0 atom stereocenters. The molecule has 0 spiro atoms. The molecule has 0 aliphatic carbocycles. The van der Waals surface area contributed by atoms with Crippen molar-refractivity contribution in [2.45, 2.75) is 33.6 Å². The summed E-state index contributed by atoms with van der Waals surface area (Å²) in [5.41, 5.74) is 0.826. The van der Waals surface area contributed by atoms with Gasteiger partial charge >= 0.3 is 0 Å². The molecule has 0 fully saturated rings. The van der Waals surface area contributed by atoms with Crippen LogP contribution in [0.4, 0.5) is 0 Å². The Morgan fingerprint density at radius 2 is 1.64 bits per heavy atom. The Hall–Kier alpha value is -0.640. The smallest absolute Gasteiger partial charge is 0.246 e. The molecular weight excluding hydrogens is 200 g/mol. The van der Waals surface area contributed by atoms with Crippen LogP contribution in [0.1, 0.15) is 33.6 Å². The fourth-order valence-corrected chi connectivity index (χ4v) is 1.29. The molecule has 0 aromatic carbocycles. The second kappa shape index (κ2) is 4.26. The van der Waals surface area contributed by atoms with Gasteiger partial charge in [-0.05, 0) is 11.8 Å². The first-order valence-corrected chi connectivity index (χ1v) is 6.35. The van der Waals surface area contributed by atoms with Gasteiger partial charge in [0.25, 0.3) is 0 Å². The molecule has 0 aliphatic heterocycles. The fourth-order valence-electron chi connectivity index (χ4n) is 0.813. The van der Waals surface area contributed by atoms with Crippen LogP contribution in [0.2, 0.25) is 0 Å². The number of sulfone groups is 1. The van der Waals surface area contributed by atoms with Crippen molar-refractivity contribution < 1.29 is 13.2 Å². The van der Waals surface area contributed by atoms with E-state index in [0.29, 0.717) is 6.42 Å². The van der Waals surface area contributed by atoms with Crippen LogP contribution < -0.4 is 0 Å². The van der Waals surface area contributed by atoms with Crippen LogP contribution in [0, 0.1) is 5.41 Å². The minimum Gasteiger partial charge on any atom is -0.282 e. The standard InChI is InChI=1S/C10H18O3S/c1-8(10(2,3)4)6-7-9(11)14(5,12)13/h1,6-7H2,2-5H3. The Balaban J connectivity index is 4.24. The summed E-state index contributed by atoms with van der Waals surface area (Å²) in [6, 6.07) is 0. The van der Waals surface area contributed by atoms with E-state index in [4.69, 9.17) is 0 Å². The van der Waals surface area contributed by atoms with Gasteiger partial charge in [-0.3, -0.25) is 4.79 Å². The highest BCUT2D eigenvalue weighted by atomic mass is 32.2. The van der Waals surface area contributed by atoms with Crippen molar-refractivity contribution in [3.05, 3.63) is 12.2 Å². The Kier molecular flexibility index (Phi) is 4.06. The molecule has 0 bridgehead atoms. The van der Waals surface area contributed by atoms with Gasteiger partial charge in [0.1, 0.15) is 0 Å². The molecular formula is C10H18O3S. The number of allylic oxidation sites excluding steroid dienone is 1. The molecule has 0 aromatic rings. The maximum atomic E-state index is 11.1. The molecule has 3 nitrogen and oxygen atoms in total. The zero-order chi connectivity index (χ0) is 11.6. The quantitative estimate of drug-likeness (QED) is 0.680. The second-order valence-electron chi connectivity index (χ2n) is 4.50. The Bertz CT molecular complexity index is 331. The first-order valence-electron chi connectivity index (χ1n) is 4.46. The van der Waals surface area contributed by atoms with E-state index in [1.54, 1.807) is 0 Å². The molecule has 0 radical (unpaired) electrons. The van der Waals surface area contributed by atoms with Crippen LogP contribution in [0.5, 0.6) is 0 Å². The number of carbonyl (C=O) groups excluding carboxylic acids is 1. The van der Waals surface area contributed by atoms with Gasteiger partial charge in [0.15, 0.2) is 0 Å². The highest BCUT2D eigenvalue weighted by Crippen LogP contribution is 2.27. The summed E-state index contributed by atoms with van der Waals surface area (Å²) in [6.07, 6.45) is 1.42. The van der Waals surface area contributed by atoms with Gasteiger partial charge in [-0.25, -0.2) is 8.42 Å². The molecule has 0 aliphatic rings. The summed E-state index contributed by atoms with van der Waals surface area (Å²) in [6.45, 7) is 9.79. The molecule has 0 aromatic heterocycles. The summed E-state index contributed by atoms with van der Waals surface area (Å²) in [7, 11) is -3.52. The molecule has 0 amide bonds. The molecule has 0 saturated carbocycles. The summed E-state index contributed by atoms with van der Waals surface area (Å²) >= 11 is 0. The maximum absolute atomic E-state index is 11.1. The van der Waals surface area contributed by atoms with E-state index in [2.05, 4.69) is 6.58 Å². The predicted octanol–water partition coefficient (Wildman–Crippen LogP) is 1.94. The molecule has 82 valence electrons. The van der Waals surface area contributed by atoms with Crippen molar-refractivity contribution in [1.29, 1.82) is 0 Å². The lowest BCUT2D eigenvalue weighted by molar-refractivity contribution is -0.111. The molecule has 0 N–H and O–H groups in total. The third-order valence-electron chi connectivity index (χ3n) is 2.11. The van der Waals surface area contributed by atoms with E-state index >= 15 is 0 Å². The lowest BCUT2D eigenvalue weighted by atomic mass is 9.85. The fraction of sp³-hybridized carbons (Fsp3) is 0.700. The van der Waals surface area contributed by atoms with E-state index in [1.807, 2.05) is 20.8 Å². The van der Waals surface area contributed by atoms with Crippen LogP contribution >= 0.6 is 0 Å². The van der Waals surface area contributed by atoms with E-state index < -0.39 is 15.0 Å². The summed E-state index contributed by atoms with van der Waals surface area (Å²) in [4.78, 5) is 11.1. The number of hydrogen-bond donors (Lipinski definition) is 0. The van der Waals surface area contributed by atoms with Crippen LogP contribution in [-0.4, -0.2) is 19.8 Å². The Morgan fingerprint density at radius 3 is 1.93 bits per heavy atom. The maximum Gasteiger partial charge on any atom is 0.246 e. The van der Waals surface area contributed by atoms with Gasteiger partial charge in [0.2, 0.25) is 15.0 Å². The molecule has 0 rings (SSSR count). The second-order valence-corrected chi connectivity index (χ2v) is 6.50. The van der Waals surface area contributed by atoms with Gasteiger partial charge in [-0.2, -0.15) is 0 Å². The first kappa shape index (κ1) is 13.4. The van der Waals surface area contributed by atoms with Crippen molar-refractivity contribution in [3.63, 3.8) is 0 Å². The third-order valence-corrected chi connectivity index (χ3v) is 3.14. The van der Waals surface area contributed by atoms with E-state index in [9.17, 15) is 13.2 Å². The van der Waals surface area contributed by atoms with Crippen molar-refractivity contribution in [1.82, 2.24) is 0 Å². The predicted molar refractivity (Wildman–Crippen MR) is 57.7 cm³/mol. The van der Waals surface area contributed by atoms with Crippen LogP contribution in [0.25, 0.3) is 0 Å². The lowest BCUT2D eigenvalue weighted by Crippen LogP contribution is -2.15. The van der Waals surface area contributed by atoms with Gasteiger partial charge in [-0.1, -0.05) is 32.9 Å². The van der Waals surface area contributed by atoms with E-state index in [0.717, 1.165) is 11.8 Å². The molecule has 0 unspecified atom stereocenters. The SMILES string of the molecule is C=C(CCC(=O)S(C)(=O)=O)C(C)(C)C. The first-order chi connectivity index (χ1) is 6.05. The zero-order valence-electron chi connectivity index (χ0n) is 9.25. The summed E-state index contributed by atoms with van der Waals surface area (Å²) < 4.78 is 21.6. The van der Waals surface area contributed by atoms with Crippen molar-refractivity contribution in [3.8, 4) is 0 Å². The van der Waals surface area contributed by atoms with Crippen molar-refractivity contribution >= 4 is 15.0 Å². The topological polar surface area (TPSA) is 51.2 Å². The summed E-state index contributed by atoms with van der Waals surface area (Å²) in [5, 5.41) is -0.706. The number of hydrogen-bond acceptors (Lipinski definition) is 3. The van der Waals surface area contributed by atoms with Gasteiger partial charge in [-0.15, -0.1) is 0 Å². The molecule has 0 heterocycles. The normalized spacial score (nSPS) is 12.6. The van der Waals surface area contributed by atoms with E-state index in [1.165, 1.54) is 0 Å². The van der Waals surface area contributed by atoms with Gasteiger partial charge in [0, 0.05) is 12.7 Å². The largest absolute Gasteiger partial charge is 0.282 e. The highest BCUT2D eigenvalue weighted by molar-refractivity contribution is 8.05. The average Bonchev–Trinajstić information content (AvgIpc) is 1.95. The number of carbonyl (C=O) groups is 1. The average molecular weight is 218 g/mol. The van der Waals surface area contributed by atoms with Gasteiger partial charge in [0.05, 0.1) is 0 Å². The Labute approximate surface area is 86.1 Å². The van der Waals surface area contributed by atoms with Gasteiger partial charge < -0.3 is 0 Å². The van der Waals surface area contributed by atoms with Crippen molar-refractivity contribution in [2.24, 2.45) is 5.41 Å². The zero-order valence-corrected chi connectivity index (χ0v) is 10.1. The van der Waals surface area contributed by atoms with Crippen molar-refractivity contribution in [2.75, 3.05) is 6.26 Å². The molecule has 14 heavy (non-hydrogen) atoms. The monoisotopic (exact) mass is 218 g/mol. The molecule has 4 heteroatoms. The van der Waals surface area contributed by atoms with Crippen LogP contribution in [-0.2, 0) is 14.6 Å².